The van der Waals surface area contributed by atoms with Gasteiger partial charge in [-0.25, -0.2) is 4.68 Å². The second-order valence-corrected chi connectivity index (χ2v) is 4.65. The molecule has 0 aliphatic carbocycles. The largest absolute Gasteiger partial charge is 0.467 e. The van der Waals surface area contributed by atoms with E-state index in [-0.39, 0.29) is 18.0 Å². The van der Waals surface area contributed by atoms with Crippen LogP contribution in [0.5, 0.6) is 0 Å². The number of nitrogens with one attached hydrogen (secondary N) is 1. The van der Waals surface area contributed by atoms with Crippen LogP contribution in [0.1, 0.15) is 18.7 Å². The van der Waals surface area contributed by atoms with Crippen LogP contribution in [0.25, 0.3) is 5.52 Å². The molecule has 0 radical (unpaired) electrons. The molecule has 1 amide bonds. The maximum Gasteiger partial charge on any atom is 0.291 e. The number of carbonyl (C=O) groups is 1. The smallest absolute Gasteiger partial charge is 0.291 e. The predicted molar refractivity (Wildman–Crippen MR) is 74.7 cm³/mol. The van der Waals surface area contributed by atoms with Crippen LogP contribution in [-0.2, 0) is 11.3 Å². The van der Waals surface area contributed by atoms with E-state index in [0.717, 1.165) is 0 Å². The molecular weight excluding hydrogens is 272 g/mol. The minimum Gasteiger partial charge on any atom is -0.467 e. The number of fused-ring (bicyclic) bond motifs is 1. The third-order valence-electron chi connectivity index (χ3n) is 3.27. The number of carbonyl (C=O) groups excluding carboxylic acids is 1. The van der Waals surface area contributed by atoms with E-state index in [2.05, 4.69) is 10.4 Å². The van der Waals surface area contributed by atoms with Crippen molar-refractivity contribution in [3.8, 4) is 0 Å². The van der Waals surface area contributed by atoms with Gasteiger partial charge in [-0.3, -0.25) is 9.59 Å². The number of furan rings is 1. The first-order valence-corrected chi connectivity index (χ1v) is 6.51. The number of nitrogens with zero attached hydrogens (tertiary/aromatic N) is 3. The molecule has 3 aromatic heterocycles. The maximum atomic E-state index is 12.2. The highest BCUT2D eigenvalue weighted by Crippen LogP contribution is 2.04. The number of rotatable bonds is 4. The minimum atomic E-state index is -0.702. The van der Waals surface area contributed by atoms with Gasteiger partial charge in [0.1, 0.15) is 23.6 Å². The maximum absolute atomic E-state index is 12.2. The summed E-state index contributed by atoms with van der Waals surface area (Å²) in [6.07, 6.45) is 4.78. The van der Waals surface area contributed by atoms with E-state index >= 15 is 0 Å². The zero-order valence-electron chi connectivity index (χ0n) is 11.4. The second kappa shape index (κ2) is 5.28. The van der Waals surface area contributed by atoms with Gasteiger partial charge in [-0.1, -0.05) is 0 Å². The van der Waals surface area contributed by atoms with Gasteiger partial charge in [0, 0.05) is 6.20 Å². The summed E-state index contributed by atoms with van der Waals surface area (Å²) in [4.78, 5) is 24.4. The lowest BCUT2D eigenvalue weighted by Gasteiger charge is -2.13. The molecule has 3 heterocycles. The lowest BCUT2D eigenvalue weighted by atomic mass is 10.3. The molecular formula is C14H14N4O3. The molecule has 108 valence electrons. The molecule has 21 heavy (non-hydrogen) atoms. The lowest BCUT2D eigenvalue weighted by molar-refractivity contribution is -0.124. The van der Waals surface area contributed by atoms with Crippen molar-refractivity contribution in [3.05, 3.63) is 59.2 Å². The second-order valence-electron chi connectivity index (χ2n) is 4.65. The molecule has 3 aromatic rings. The van der Waals surface area contributed by atoms with Gasteiger partial charge in [-0.2, -0.15) is 5.10 Å². The fraction of sp³-hybridized carbons (Fsp3) is 0.214. The molecule has 0 fully saturated rings. The molecule has 1 atom stereocenters. The van der Waals surface area contributed by atoms with Crippen LogP contribution >= 0.6 is 0 Å². The highest BCUT2D eigenvalue weighted by molar-refractivity contribution is 5.79. The van der Waals surface area contributed by atoms with Gasteiger partial charge in [0.2, 0.25) is 5.91 Å². The third-order valence-corrected chi connectivity index (χ3v) is 3.27. The van der Waals surface area contributed by atoms with E-state index in [9.17, 15) is 9.59 Å². The van der Waals surface area contributed by atoms with Crippen LogP contribution in [0.15, 0.2) is 52.3 Å². The van der Waals surface area contributed by atoms with Gasteiger partial charge < -0.3 is 14.1 Å². The first-order chi connectivity index (χ1) is 10.2. The molecule has 0 aliphatic rings. The first-order valence-electron chi connectivity index (χ1n) is 6.51. The average molecular weight is 286 g/mol. The molecule has 0 saturated heterocycles. The summed E-state index contributed by atoms with van der Waals surface area (Å²) < 4.78 is 7.93. The van der Waals surface area contributed by atoms with Crippen molar-refractivity contribution in [2.24, 2.45) is 0 Å². The summed E-state index contributed by atoms with van der Waals surface area (Å²) in [5.74, 6) is 0.356. The Bertz CT molecular complexity index is 816. The van der Waals surface area contributed by atoms with Crippen LogP contribution in [0, 0.1) is 0 Å². The summed E-state index contributed by atoms with van der Waals surface area (Å²) in [7, 11) is 0. The Hall–Kier alpha value is -2.83. The Morgan fingerprint density at radius 3 is 3.05 bits per heavy atom. The fourth-order valence-electron chi connectivity index (χ4n) is 2.08. The van der Waals surface area contributed by atoms with Gasteiger partial charge in [0.05, 0.1) is 12.8 Å². The van der Waals surface area contributed by atoms with Crippen molar-refractivity contribution in [2.75, 3.05) is 0 Å². The number of hydrogen-bond acceptors (Lipinski definition) is 4. The Morgan fingerprint density at radius 1 is 1.43 bits per heavy atom. The highest BCUT2D eigenvalue weighted by Gasteiger charge is 2.18. The van der Waals surface area contributed by atoms with Gasteiger partial charge >= 0.3 is 0 Å². The third kappa shape index (κ3) is 2.45. The Balaban J connectivity index is 1.79. The van der Waals surface area contributed by atoms with Crippen molar-refractivity contribution in [1.29, 1.82) is 0 Å². The quantitative estimate of drug-likeness (QED) is 0.774. The molecule has 7 heteroatoms. The normalized spacial score (nSPS) is 12.4. The summed E-state index contributed by atoms with van der Waals surface area (Å²) in [5.41, 5.74) is 0.179. The summed E-state index contributed by atoms with van der Waals surface area (Å²) >= 11 is 0. The molecule has 1 N–H and O–H groups in total. The number of hydrogen-bond donors (Lipinski definition) is 1. The van der Waals surface area contributed by atoms with Crippen LogP contribution in [0.4, 0.5) is 0 Å². The Morgan fingerprint density at radius 2 is 2.29 bits per heavy atom. The molecule has 0 saturated carbocycles. The van der Waals surface area contributed by atoms with Crippen LogP contribution < -0.4 is 10.9 Å². The van der Waals surface area contributed by atoms with Crippen LogP contribution in [0.2, 0.25) is 0 Å². The van der Waals surface area contributed by atoms with Crippen molar-refractivity contribution in [1.82, 2.24) is 19.5 Å². The minimum absolute atomic E-state index is 0.276. The van der Waals surface area contributed by atoms with E-state index in [1.165, 1.54) is 17.3 Å². The van der Waals surface area contributed by atoms with Gasteiger partial charge in [-0.05, 0) is 31.2 Å². The predicted octanol–water partition coefficient (Wildman–Crippen LogP) is 0.966. The van der Waals surface area contributed by atoms with Crippen molar-refractivity contribution < 1.29 is 9.21 Å². The van der Waals surface area contributed by atoms with E-state index in [4.69, 9.17) is 4.42 Å². The number of aromatic nitrogens is 3. The van der Waals surface area contributed by atoms with E-state index in [1.807, 2.05) is 0 Å². The monoisotopic (exact) mass is 286 g/mol. The zero-order chi connectivity index (χ0) is 14.8. The average Bonchev–Trinajstić information content (AvgIpc) is 3.15. The van der Waals surface area contributed by atoms with E-state index < -0.39 is 6.04 Å². The molecule has 0 bridgehead atoms. The first kappa shape index (κ1) is 13.2. The number of amides is 1. The highest BCUT2D eigenvalue weighted by atomic mass is 16.3. The van der Waals surface area contributed by atoms with E-state index in [0.29, 0.717) is 11.3 Å². The molecule has 3 rings (SSSR count). The van der Waals surface area contributed by atoms with Crippen molar-refractivity contribution in [2.45, 2.75) is 19.5 Å². The van der Waals surface area contributed by atoms with Gasteiger partial charge in [0.25, 0.3) is 5.56 Å². The van der Waals surface area contributed by atoms with E-state index in [1.54, 1.807) is 41.8 Å². The summed E-state index contributed by atoms with van der Waals surface area (Å²) in [5, 5.41) is 6.74. The summed E-state index contributed by atoms with van der Waals surface area (Å²) in [6, 6.07) is 6.25. The fourth-order valence-corrected chi connectivity index (χ4v) is 2.08. The van der Waals surface area contributed by atoms with Crippen molar-refractivity contribution in [3.63, 3.8) is 0 Å². The molecule has 7 nitrogen and oxygen atoms in total. The SMILES string of the molecule is CC(C(=O)NCc1ccco1)n1ncn2cccc2c1=O. The summed E-state index contributed by atoms with van der Waals surface area (Å²) in [6.45, 7) is 1.91. The van der Waals surface area contributed by atoms with Gasteiger partial charge in [0.15, 0.2) is 0 Å². The van der Waals surface area contributed by atoms with Crippen LogP contribution in [-0.4, -0.2) is 20.1 Å². The Labute approximate surface area is 119 Å². The zero-order valence-corrected chi connectivity index (χ0v) is 11.4. The molecule has 0 aliphatic heterocycles. The Kier molecular flexibility index (Phi) is 3.31. The molecule has 0 aromatic carbocycles. The van der Waals surface area contributed by atoms with Crippen molar-refractivity contribution >= 4 is 11.4 Å². The van der Waals surface area contributed by atoms with Crippen LogP contribution in [0.3, 0.4) is 0 Å². The lowest BCUT2D eigenvalue weighted by Crippen LogP contribution is -2.37. The topological polar surface area (TPSA) is 81.5 Å². The molecule has 1 unspecified atom stereocenters. The molecule has 0 spiro atoms. The van der Waals surface area contributed by atoms with Gasteiger partial charge in [-0.15, -0.1) is 0 Å². The standard InChI is InChI=1S/C14H14N4O3/c1-10(13(19)15-8-11-4-3-7-21-11)18-14(20)12-5-2-6-17(12)9-16-18/h2-7,9-10H,8H2,1H3,(H,15,19).